The summed E-state index contributed by atoms with van der Waals surface area (Å²) in [6.45, 7) is 3.75. The predicted molar refractivity (Wildman–Crippen MR) is 83.0 cm³/mol. The summed E-state index contributed by atoms with van der Waals surface area (Å²) in [6.07, 6.45) is 0.669. The molecular weight excluding hydrogens is 286 g/mol. The van der Waals surface area contributed by atoms with Crippen LogP contribution in [0.15, 0.2) is 34.9 Å². The van der Waals surface area contributed by atoms with Gasteiger partial charge in [0, 0.05) is 7.05 Å². The van der Waals surface area contributed by atoms with E-state index in [1.165, 1.54) is 11.8 Å². The molecule has 2 aromatic rings. The molecule has 1 aromatic carbocycles. The van der Waals surface area contributed by atoms with Crippen LogP contribution < -0.4 is 5.32 Å². The lowest BCUT2D eigenvalue weighted by molar-refractivity contribution is -0.120. The van der Waals surface area contributed by atoms with Crippen molar-refractivity contribution in [3.8, 4) is 0 Å². The highest BCUT2D eigenvalue weighted by atomic mass is 32.2. The summed E-state index contributed by atoms with van der Waals surface area (Å²) in [6, 6.07) is 9.98. The first-order valence-corrected chi connectivity index (χ1v) is 7.75. The maximum atomic E-state index is 12.1. The predicted octanol–water partition coefficient (Wildman–Crippen LogP) is 2.53. The number of benzene rings is 1. The van der Waals surface area contributed by atoms with Crippen molar-refractivity contribution in [3.05, 3.63) is 47.6 Å². The fraction of sp³-hybridized carbons (Fsp3) is 0.400. The number of aryl methyl sites for hydroxylation is 1. The van der Waals surface area contributed by atoms with Gasteiger partial charge in [-0.2, -0.15) is 4.98 Å². The maximum Gasteiger partial charge on any atom is 0.239 e. The van der Waals surface area contributed by atoms with Crippen LogP contribution >= 0.6 is 11.8 Å². The molecule has 0 spiro atoms. The van der Waals surface area contributed by atoms with E-state index in [4.69, 9.17) is 4.52 Å². The number of hydrogen-bond acceptors (Lipinski definition) is 5. The Labute approximate surface area is 128 Å². The summed E-state index contributed by atoms with van der Waals surface area (Å²) in [5, 5.41) is 6.29. The van der Waals surface area contributed by atoms with E-state index < -0.39 is 0 Å². The van der Waals surface area contributed by atoms with E-state index in [-0.39, 0.29) is 16.4 Å². The summed E-state index contributed by atoms with van der Waals surface area (Å²) >= 11 is 1.53. The zero-order chi connectivity index (χ0) is 15.2. The van der Waals surface area contributed by atoms with Crippen molar-refractivity contribution in [2.75, 3.05) is 7.05 Å². The normalized spacial score (nSPS) is 13.7. The van der Waals surface area contributed by atoms with E-state index in [2.05, 4.69) is 15.5 Å². The van der Waals surface area contributed by atoms with Crippen molar-refractivity contribution in [2.24, 2.45) is 0 Å². The fourth-order valence-corrected chi connectivity index (χ4v) is 3.21. The lowest BCUT2D eigenvalue weighted by Crippen LogP contribution is -2.31. The molecule has 0 radical (unpaired) electrons. The van der Waals surface area contributed by atoms with Crippen LogP contribution in [0.5, 0.6) is 0 Å². The molecule has 0 saturated heterocycles. The van der Waals surface area contributed by atoms with Crippen LogP contribution in [0.25, 0.3) is 0 Å². The number of carbonyl (C=O) groups is 1. The molecule has 2 atom stereocenters. The Morgan fingerprint density at radius 2 is 2.10 bits per heavy atom. The molecule has 6 heteroatoms. The molecule has 1 amide bonds. The molecule has 1 heterocycles. The van der Waals surface area contributed by atoms with Crippen LogP contribution in [-0.4, -0.2) is 28.3 Å². The van der Waals surface area contributed by atoms with Gasteiger partial charge in [0.25, 0.3) is 0 Å². The van der Waals surface area contributed by atoms with Crippen molar-refractivity contribution >= 4 is 17.7 Å². The Kier molecular flexibility index (Phi) is 5.38. The Morgan fingerprint density at radius 3 is 2.67 bits per heavy atom. The minimum absolute atomic E-state index is 0.00643. The minimum Gasteiger partial charge on any atom is -0.358 e. The summed E-state index contributed by atoms with van der Waals surface area (Å²) in [7, 11) is 1.66. The smallest absolute Gasteiger partial charge is 0.239 e. The fourth-order valence-electron chi connectivity index (χ4n) is 1.97. The van der Waals surface area contributed by atoms with Gasteiger partial charge in [-0.1, -0.05) is 35.5 Å². The number of amides is 1. The van der Waals surface area contributed by atoms with E-state index in [0.717, 1.165) is 5.56 Å². The molecule has 2 unspecified atom stereocenters. The topological polar surface area (TPSA) is 68.0 Å². The maximum absolute atomic E-state index is 12.1. The van der Waals surface area contributed by atoms with Gasteiger partial charge in [-0.25, -0.2) is 0 Å². The number of nitrogens with zero attached hydrogens (tertiary/aromatic N) is 2. The van der Waals surface area contributed by atoms with Crippen LogP contribution in [0.1, 0.15) is 29.5 Å². The van der Waals surface area contributed by atoms with Crippen molar-refractivity contribution in [3.63, 3.8) is 0 Å². The van der Waals surface area contributed by atoms with E-state index in [9.17, 15) is 4.79 Å². The highest BCUT2D eigenvalue weighted by Crippen LogP contribution is 2.32. The SMILES string of the molecule is CNC(=O)C(Cc1ccccc1)SC(C)c1nc(C)no1. The van der Waals surface area contributed by atoms with Crippen molar-refractivity contribution in [2.45, 2.75) is 30.8 Å². The minimum atomic E-state index is -0.195. The summed E-state index contributed by atoms with van der Waals surface area (Å²) in [5.74, 6) is 1.17. The second-order valence-electron chi connectivity index (χ2n) is 4.75. The third-order valence-corrected chi connectivity index (χ3v) is 4.38. The van der Waals surface area contributed by atoms with Gasteiger partial charge in [-0.05, 0) is 25.8 Å². The molecule has 0 fully saturated rings. The lowest BCUT2D eigenvalue weighted by Gasteiger charge is -2.17. The van der Waals surface area contributed by atoms with Gasteiger partial charge in [-0.15, -0.1) is 11.8 Å². The first kappa shape index (κ1) is 15.6. The number of thioether (sulfide) groups is 1. The standard InChI is InChI=1S/C15H19N3O2S/c1-10(15-17-11(2)18-20-15)21-13(14(19)16-3)9-12-7-5-4-6-8-12/h4-8,10,13H,9H2,1-3H3,(H,16,19). The molecule has 0 aliphatic carbocycles. The average molecular weight is 305 g/mol. The molecule has 0 bridgehead atoms. The van der Waals surface area contributed by atoms with Crippen LogP contribution in [0.2, 0.25) is 0 Å². The first-order valence-electron chi connectivity index (χ1n) is 6.81. The number of carbonyl (C=O) groups excluding carboxylic acids is 1. The summed E-state index contributed by atoms with van der Waals surface area (Å²) in [5.41, 5.74) is 1.13. The molecule has 112 valence electrons. The molecule has 21 heavy (non-hydrogen) atoms. The van der Waals surface area contributed by atoms with Crippen LogP contribution in [-0.2, 0) is 11.2 Å². The van der Waals surface area contributed by atoms with Crippen molar-refractivity contribution in [1.82, 2.24) is 15.5 Å². The Morgan fingerprint density at radius 1 is 1.38 bits per heavy atom. The summed E-state index contributed by atoms with van der Waals surface area (Å²) in [4.78, 5) is 16.3. The van der Waals surface area contributed by atoms with Crippen LogP contribution in [0.3, 0.4) is 0 Å². The van der Waals surface area contributed by atoms with Crippen LogP contribution in [0.4, 0.5) is 0 Å². The molecule has 0 saturated carbocycles. The van der Waals surface area contributed by atoms with Crippen LogP contribution in [0, 0.1) is 6.92 Å². The third-order valence-electron chi connectivity index (χ3n) is 3.06. The highest BCUT2D eigenvalue weighted by Gasteiger charge is 2.24. The number of nitrogens with one attached hydrogen (secondary N) is 1. The van der Waals surface area contributed by atoms with Crippen molar-refractivity contribution < 1.29 is 9.32 Å². The molecular formula is C15H19N3O2S. The molecule has 1 N–H and O–H groups in total. The second-order valence-corrected chi connectivity index (χ2v) is 6.30. The van der Waals surface area contributed by atoms with Gasteiger partial charge in [0.15, 0.2) is 5.82 Å². The third kappa shape index (κ3) is 4.32. The Hall–Kier alpha value is -1.82. The van der Waals surface area contributed by atoms with Gasteiger partial charge in [0.2, 0.25) is 11.8 Å². The Bertz CT molecular complexity index is 586. The van der Waals surface area contributed by atoms with Gasteiger partial charge in [0.05, 0.1) is 10.5 Å². The van der Waals surface area contributed by atoms with Gasteiger partial charge in [-0.3, -0.25) is 4.79 Å². The molecule has 0 aliphatic rings. The van der Waals surface area contributed by atoms with Gasteiger partial charge in [0.1, 0.15) is 0 Å². The van der Waals surface area contributed by atoms with E-state index >= 15 is 0 Å². The monoisotopic (exact) mass is 305 g/mol. The molecule has 2 rings (SSSR count). The Balaban J connectivity index is 2.07. The average Bonchev–Trinajstić information content (AvgIpc) is 2.93. The van der Waals surface area contributed by atoms with E-state index in [1.54, 1.807) is 14.0 Å². The quantitative estimate of drug-likeness (QED) is 0.888. The number of aromatic nitrogens is 2. The van der Waals surface area contributed by atoms with Gasteiger partial charge >= 0.3 is 0 Å². The van der Waals surface area contributed by atoms with E-state index in [0.29, 0.717) is 18.1 Å². The number of rotatable bonds is 6. The summed E-state index contributed by atoms with van der Waals surface area (Å²) < 4.78 is 5.18. The molecule has 1 aromatic heterocycles. The first-order chi connectivity index (χ1) is 10.1. The highest BCUT2D eigenvalue weighted by molar-refractivity contribution is 8.00. The van der Waals surface area contributed by atoms with Crippen molar-refractivity contribution in [1.29, 1.82) is 0 Å². The zero-order valence-corrected chi connectivity index (χ0v) is 13.2. The van der Waals surface area contributed by atoms with E-state index in [1.807, 2.05) is 37.3 Å². The van der Waals surface area contributed by atoms with Gasteiger partial charge < -0.3 is 9.84 Å². The zero-order valence-electron chi connectivity index (χ0n) is 12.4. The molecule has 5 nitrogen and oxygen atoms in total. The lowest BCUT2D eigenvalue weighted by atomic mass is 10.1. The largest absolute Gasteiger partial charge is 0.358 e. The number of hydrogen-bond donors (Lipinski definition) is 1. The molecule has 0 aliphatic heterocycles. The second kappa shape index (κ2) is 7.26.